The van der Waals surface area contributed by atoms with E-state index in [0.717, 1.165) is 141 Å². The van der Waals surface area contributed by atoms with Crippen molar-refractivity contribution in [3.8, 4) is 0 Å². The highest BCUT2D eigenvalue weighted by molar-refractivity contribution is 5.71. The average Bonchev–Trinajstić information content (AvgIpc) is 3.46. The summed E-state index contributed by atoms with van der Waals surface area (Å²) in [5.74, 6) is -0.900. The summed E-state index contributed by atoms with van der Waals surface area (Å²) in [7, 11) is 0. The highest BCUT2D eigenvalue weighted by Gasteiger charge is 2.19. The third kappa shape index (κ3) is 64.6. The van der Waals surface area contributed by atoms with Gasteiger partial charge in [0.1, 0.15) is 13.2 Å². The van der Waals surface area contributed by atoms with Gasteiger partial charge < -0.3 is 14.2 Å². The number of allylic oxidation sites excluding steroid dienone is 20. The molecule has 456 valence electrons. The lowest BCUT2D eigenvalue weighted by atomic mass is 10.0. The van der Waals surface area contributed by atoms with E-state index in [1.165, 1.54) is 128 Å². The van der Waals surface area contributed by atoms with Crippen LogP contribution in [-0.2, 0) is 28.6 Å². The van der Waals surface area contributed by atoms with Crippen molar-refractivity contribution in [1.29, 1.82) is 0 Å². The number of hydrogen-bond acceptors (Lipinski definition) is 6. The van der Waals surface area contributed by atoms with Crippen LogP contribution < -0.4 is 0 Å². The monoisotopic (exact) mass is 1110 g/mol. The average molecular weight is 1110 g/mol. The molecule has 1 unspecified atom stereocenters. The maximum atomic E-state index is 12.9. The van der Waals surface area contributed by atoms with Gasteiger partial charge in [-0.05, 0) is 122 Å². The Morgan fingerprint density at radius 2 is 0.487 bits per heavy atom. The molecular formula is C74H124O6. The number of ether oxygens (including phenoxy) is 3. The Kier molecular flexibility index (Phi) is 63.8. The van der Waals surface area contributed by atoms with Crippen LogP contribution in [-0.4, -0.2) is 37.2 Å². The Hall–Kier alpha value is -4.19. The highest BCUT2D eigenvalue weighted by Crippen LogP contribution is 2.17. The molecule has 6 nitrogen and oxygen atoms in total. The maximum absolute atomic E-state index is 12.9. The predicted molar refractivity (Wildman–Crippen MR) is 348 cm³/mol. The smallest absolute Gasteiger partial charge is 0.306 e. The van der Waals surface area contributed by atoms with Gasteiger partial charge in [0, 0.05) is 19.3 Å². The van der Waals surface area contributed by atoms with Crippen LogP contribution >= 0.6 is 0 Å². The summed E-state index contributed by atoms with van der Waals surface area (Å²) in [4.78, 5) is 38.3. The van der Waals surface area contributed by atoms with Crippen LogP contribution in [0.2, 0.25) is 0 Å². The third-order valence-corrected chi connectivity index (χ3v) is 14.2. The van der Waals surface area contributed by atoms with Crippen LogP contribution in [0, 0.1) is 0 Å². The van der Waals surface area contributed by atoms with Gasteiger partial charge in [0.05, 0.1) is 0 Å². The summed E-state index contributed by atoms with van der Waals surface area (Å²) in [5.41, 5.74) is 0. The first-order chi connectivity index (χ1) is 39.5. The van der Waals surface area contributed by atoms with Crippen molar-refractivity contribution in [2.75, 3.05) is 13.2 Å². The standard InChI is InChI=1S/C74H124O6/c1-4-7-10-13-16-19-22-24-26-28-30-32-34-35-36-37-38-39-41-42-44-46-48-50-52-55-58-61-64-67-73(76)79-70-71(69-78-72(75)66-63-60-57-54-21-18-15-12-9-6-3)80-74(77)68-65-62-59-56-53-51-49-47-45-43-40-33-31-29-27-25-23-20-17-14-11-8-5-2/h7-8,10-12,15-17,19-20,24-27,30-33,43,45,71H,4-6,9,13-14,18,21-23,28-29,34-42,44,46-70H2,1-3H3/b10-7-,11-8-,15-12-,19-16-,20-17-,26-24-,27-25-,32-30-,33-31-,45-43-. The molecular weight excluding hydrogens is 985 g/mol. The second-order valence-corrected chi connectivity index (χ2v) is 22.0. The second-order valence-electron chi connectivity index (χ2n) is 22.0. The molecule has 0 aliphatic rings. The van der Waals surface area contributed by atoms with Crippen LogP contribution in [0.4, 0.5) is 0 Å². The summed E-state index contributed by atoms with van der Waals surface area (Å²) in [6.07, 6.45) is 93.7. The molecule has 0 aromatic carbocycles. The zero-order chi connectivity index (χ0) is 57.8. The van der Waals surface area contributed by atoms with E-state index in [0.29, 0.717) is 19.3 Å². The molecule has 0 aromatic rings. The first kappa shape index (κ1) is 75.8. The number of esters is 3. The molecule has 1 atom stereocenters. The molecule has 0 bridgehead atoms. The van der Waals surface area contributed by atoms with Gasteiger partial charge in [0.25, 0.3) is 0 Å². The molecule has 0 fully saturated rings. The lowest BCUT2D eigenvalue weighted by molar-refractivity contribution is -0.167. The number of hydrogen-bond donors (Lipinski definition) is 0. The SMILES string of the molecule is CC/C=C\C/C=C\C/C=C\C/C=C\C/C=C\CCCCCCCCCC(=O)OC(COC(=O)CCCCCCC/C=C\CCC)COC(=O)CCCCCCCCCCCCCCCCCC/C=C\C/C=C\C/C=C\C/C=C\CC. The Labute approximate surface area is 494 Å². The molecule has 0 heterocycles. The van der Waals surface area contributed by atoms with Crippen molar-refractivity contribution in [3.63, 3.8) is 0 Å². The van der Waals surface area contributed by atoms with E-state index in [1.807, 2.05) is 0 Å². The second kappa shape index (κ2) is 67.3. The fraction of sp³-hybridized carbons (Fsp3) is 0.689. The predicted octanol–water partition coefficient (Wildman–Crippen LogP) is 23.2. The zero-order valence-corrected chi connectivity index (χ0v) is 52.3. The molecule has 0 saturated heterocycles. The van der Waals surface area contributed by atoms with Gasteiger partial charge in [-0.15, -0.1) is 0 Å². The molecule has 0 amide bonds. The Bertz CT molecular complexity index is 1650. The minimum absolute atomic E-state index is 0.0854. The first-order valence-corrected chi connectivity index (χ1v) is 33.5. The fourth-order valence-electron chi connectivity index (χ4n) is 9.23. The summed E-state index contributed by atoms with van der Waals surface area (Å²) >= 11 is 0. The van der Waals surface area contributed by atoms with E-state index in [4.69, 9.17) is 14.2 Å². The minimum atomic E-state index is -0.790. The molecule has 0 saturated carbocycles. The molecule has 0 aliphatic carbocycles. The lowest BCUT2D eigenvalue weighted by Gasteiger charge is -2.18. The van der Waals surface area contributed by atoms with Crippen LogP contribution in [0.3, 0.4) is 0 Å². The molecule has 0 aromatic heterocycles. The van der Waals surface area contributed by atoms with Crippen LogP contribution in [0.5, 0.6) is 0 Å². The lowest BCUT2D eigenvalue weighted by Crippen LogP contribution is -2.30. The summed E-state index contributed by atoms with van der Waals surface area (Å²) in [6, 6.07) is 0. The molecule has 0 aliphatic heterocycles. The molecule has 80 heavy (non-hydrogen) atoms. The summed E-state index contributed by atoms with van der Waals surface area (Å²) < 4.78 is 16.9. The topological polar surface area (TPSA) is 78.9 Å². The minimum Gasteiger partial charge on any atom is -0.462 e. The van der Waals surface area contributed by atoms with Gasteiger partial charge >= 0.3 is 17.9 Å². The Balaban J connectivity index is 4.22. The first-order valence-electron chi connectivity index (χ1n) is 33.5. The van der Waals surface area contributed by atoms with Gasteiger partial charge in [0.2, 0.25) is 0 Å². The third-order valence-electron chi connectivity index (χ3n) is 14.2. The van der Waals surface area contributed by atoms with E-state index in [2.05, 4.69) is 142 Å². The van der Waals surface area contributed by atoms with Crippen LogP contribution in [0.25, 0.3) is 0 Å². The quantitative estimate of drug-likeness (QED) is 0.0261. The van der Waals surface area contributed by atoms with E-state index >= 15 is 0 Å². The largest absolute Gasteiger partial charge is 0.462 e. The number of rotatable bonds is 60. The summed E-state index contributed by atoms with van der Waals surface area (Å²) in [6.45, 7) is 6.36. The normalized spacial score (nSPS) is 12.9. The van der Waals surface area contributed by atoms with E-state index in [1.54, 1.807) is 0 Å². The van der Waals surface area contributed by atoms with E-state index in [9.17, 15) is 14.4 Å². The van der Waals surface area contributed by atoms with Gasteiger partial charge in [-0.3, -0.25) is 14.4 Å². The number of carbonyl (C=O) groups is 3. The highest BCUT2D eigenvalue weighted by atomic mass is 16.6. The van der Waals surface area contributed by atoms with Crippen molar-refractivity contribution in [1.82, 2.24) is 0 Å². The van der Waals surface area contributed by atoms with Gasteiger partial charge in [-0.1, -0.05) is 290 Å². The maximum Gasteiger partial charge on any atom is 0.306 e. The molecule has 6 heteroatoms. The molecule has 0 rings (SSSR count). The van der Waals surface area contributed by atoms with Gasteiger partial charge in [-0.2, -0.15) is 0 Å². The number of unbranched alkanes of at least 4 members (excludes halogenated alkanes) is 29. The zero-order valence-electron chi connectivity index (χ0n) is 52.3. The van der Waals surface area contributed by atoms with Crippen molar-refractivity contribution in [2.45, 2.75) is 316 Å². The van der Waals surface area contributed by atoms with E-state index < -0.39 is 6.10 Å². The van der Waals surface area contributed by atoms with Crippen LogP contribution in [0.15, 0.2) is 122 Å². The number of carbonyl (C=O) groups excluding carboxylic acids is 3. The van der Waals surface area contributed by atoms with Gasteiger partial charge in [0.15, 0.2) is 6.10 Å². The van der Waals surface area contributed by atoms with Crippen molar-refractivity contribution in [3.05, 3.63) is 122 Å². The van der Waals surface area contributed by atoms with Crippen molar-refractivity contribution < 1.29 is 28.6 Å². The Morgan fingerprint density at radius 3 is 0.775 bits per heavy atom. The summed E-state index contributed by atoms with van der Waals surface area (Å²) in [5, 5.41) is 0. The van der Waals surface area contributed by atoms with Crippen molar-refractivity contribution >= 4 is 17.9 Å². The van der Waals surface area contributed by atoms with E-state index in [-0.39, 0.29) is 31.1 Å². The fourth-order valence-corrected chi connectivity index (χ4v) is 9.23. The Morgan fingerprint density at radius 1 is 0.263 bits per heavy atom. The molecule has 0 N–H and O–H groups in total. The van der Waals surface area contributed by atoms with Gasteiger partial charge in [-0.25, -0.2) is 0 Å². The van der Waals surface area contributed by atoms with Crippen molar-refractivity contribution in [2.24, 2.45) is 0 Å². The molecule has 0 spiro atoms. The molecule has 0 radical (unpaired) electrons. The van der Waals surface area contributed by atoms with Crippen LogP contribution in [0.1, 0.15) is 310 Å².